The van der Waals surface area contributed by atoms with Crippen LogP contribution in [0.2, 0.25) is 0 Å². The molecule has 21 heavy (non-hydrogen) atoms. The third kappa shape index (κ3) is 2.64. The molecule has 104 valence electrons. The highest BCUT2D eigenvalue weighted by atomic mass is 32.1. The van der Waals surface area contributed by atoms with Crippen LogP contribution in [-0.4, -0.2) is 9.97 Å². The SMILES string of the molecule is Cc1ccc(C#N)cc1OCc1nc2ccsc2c(=O)[nH]1. The fraction of sp³-hybridized carbons (Fsp3) is 0.133. The second kappa shape index (κ2) is 5.38. The largest absolute Gasteiger partial charge is 0.485 e. The van der Waals surface area contributed by atoms with E-state index in [0.717, 1.165) is 5.56 Å². The van der Waals surface area contributed by atoms with E-state index in [2.05, 4.69) is 16.0 Å². The van der Waals surface area contributed by atoms with Crippen molar-refractivity contribution in [3.8, 4) is 11.8 Å². The first-order valence-electron chi connectivity index (χ1n) is 6.27. The van der Waals surface area contributed by atoms with Crippen molar-refractivity contribution in [1.82, 2.24) is 9.97 Å². The van der Waals surface area contributed by atoms with Gasteiger partial charge in [-0.25, -0.2) is 4.98 Å². The molecule has 5 nitrogen and oxygen atoms in total. The Morgan fingerprint density at radius 3 is 3.10 bits per heavy atom. The van der Waals surface area contributed by atoms with Crippen LogP contribution in [0.1, 0.15) is 17.0 Å². The highest BCUT2D eigenvalue weighted by Gasteiger charge is 2.07. The quantitative estimate of drug-likeness (QED) is 0.806. The van der Waals surface area contributed by atoms with Gasteiger partial charge in [-0.05, 0) is 36.1 Å². The monoisotopic (exact) mass is 297 g/mol. The lowest BCUT2D eigenvalue weighted by Gasteiger charge is -2.08. The van der Waals surface area contributed by atoms with Crippen LogP contribution in [0.15, 0.2) is 34.4 Å². The van der Waals surface area contributed by atoms with E-state index in [1.807, 2.05) is 18.4 Å². The van der Waals surface area contributed by atoms with Crippen molar-refractivity contribution >= 4 is 21.6 Å². The van der Waals surface area contributed by atoms with Crippen LogP contribution in [0.3, 0.4) is 0 Å². The molecule has 2 heterocycles. The Morgan fingerprint density at radius 1 is 1.43 bits per heavy atom. The predicted octanol–water partition coefficient (Wildman–Crippen LogP) is 2.74. The molecule has 0 aliphatic heterocycles. The van der Waals surface area contributed by atoms with Gasteiger partial charge in [0.05, 0.1) is 17.1 Å². The third-order valence-corrected chi connectivity index (χ3v) is 3.95. The second-order valence-electron chi connectivity index (χ2n) is 4.53. The van der Waals surface area contributed by atoms with E-state index in [1.165, 1.54) is 11.3 Å². The van der Waals surface area contributed by atoms with E-state index in [0.29, 0.717) is 27.4 Å². The van der Waals surface area contributed by atoms with Crippen molar-refractivity contribution in [2.45, 2.75) is 13.5 Å². The maximum absolute atomic E-state index is 11.9. The molecule has 1 aromatic carbocycles. The van der Waals surface area contributed by atoms with Gasteiger partial charge in [-0.15, -0.1) is 11.3 Å². The normalized spacial score (nSPS) is 10.5. The number of aromatic nitrogens is 2. The minimum atomic E-state index is -0.156. The van der Waals surface area contributed by atoms with Crippen molar-refractivity contribution < 1.29 is 4.74 Å². The molecule has 0 atom stereocenters. The first-order valence-corrected chi connectivity index (χ1v) is 7.15. The van der Waals surface area contributed by atoms with E-state index in [-0.39, 0.29) is 12.2 Å². The number of benzene rings is 1. The number of ether oxygens (including phenoxy) is 1. The maximum Gasteiger partial charge on any atom is 0.268 e. The highest BCUT2D eigenvalue weighted by Crippen LogP contribution is 2.20. The Hall–Kier alpha value is -2.65. The summed E-state index contributed by atoms with van der Waals surface area (Å²) in [5, 5.41) is 10.7. The summed E-state index contributed by atoms with van der Waals surface area (Å²) in [6.07, 6.45) is 0. The number of rotatable bonds is 3. The molecular weight excluding hydrogens is 286 g/mol. The van der Waals surface area contributed by atoms with Gasteiger partial charge < -0.3 is 9.72 Å². The van der Waals surface area contributed by atoms with E-state index in [1.54, 1.807) is 18.2 Å². The molecule has 3 rings (SSSR count). The van der Waals surface area contributed by atoms with Crippen LogP contribution in [-0.2, 0) is 6.61 Å². The number of nitriles is 1. The Morgan fingerprint density at radius 2 is 2.29 bits per heavy atom. The van der Waals surface area contributed by atoms with Gasteiger partial charge in [0.2, 0.25) is 0 Å². The molecule has 0 saturated carbocycles. The van der Waals surface area contributed by atoms with Crippen LogP contribution in [0, 0.1) is 18.3 Å². The van der Waals surface area contributed by atoms with Gasteiger partial charge >= 0.3 is 0 Å². The number of aryl methyl sites for hydroxylation is 1. The topological polar surface area (TPSA) is 78.8 Å². The summed E-state index contributed by atoms with van der Waals surface area (Å²) in [5.41, 5.74) is 1.97. The van der Waals surface area contributed by atoms with Crippen molar-refractivity contribution in [1.29, 1.82) is 5.26 Å². The lowest BCUT2D eigenvalue weighted by atomic mass is 10.1. The van der Waals surface area contributed by atoms with Crippen LogP contribution < -0.4 is 10.3 Å². The van der Waals surface area contributed by atoms with Gasteiger partial charge in [0, 0.05) is 0 Å². The second-order valence-corrected chi connectivity index (χ2v) is 5.44. The standard InChI is InChI=1S/C15H11N3O2S/c1-9-2-3-10(7-16)6-12(9)20-8-13-17-11-4-5-21-14(11)15(19)18-13/h2-6H,8H2,1H3,(H,17,18,19). The van der Waals surface area contributed by atoms with Gasteiger partial charge in [0.15, 0.2) is 0 Å². The number of nitrogens with zero attached hydrogens (tertiary/aromatic N) is 2. The number of nitrogens with one attached hydrogen (secondary N) is 1. The van der Waals surface area contributed by atoms with E-state index in [9.17, 15) is 4.79 Å². The van der Waals surface area contributed by atoms with Gasteiger partial charge in [-0.2, -0.15) is 5.26 Å². The molecule has 0 saturated heterocycles. The van der Waals surface area contributed by atoms with E-state index in [4.69, 9.17) is 10.00 Å². The summed E-state index contributed by atoms with van der Waals surface area (Å²) in [5.74, 6) is 1.08. The Kier molecular flexibility index (Phi) is 3.42. The van der Waals surface area contributed by atoms with Crippen molar-refractivity contribution in [3.63, 3.8) is 0 Å². The van der Waals surface area contributed by atoms with Crippen LogP contribution in [0.25, 0.3) is 10.2 Å². The number of aromatic amines is 1. The summed E-state index contributed by atoms with van der Waals surface area (Å²) < 4.78 is 6.28. The molecule has 0 amide bonds. The molecule has 0 aliphatic rings. The van der Waals surface area contributed by atoms with Gasteiger partial charge in [0.25, 0.3) is 5.56 Å². The zero-order chi connectivity index (χ0) is 14.8. The minimum Gasteiger partial charge on any atom is -0.485 e. The van der Waals surface area contributed by atoms with Gasteiger partial charge in [-0.3, -0.25) is 4.79 Å². The molecule has 0 spiro atoms. The van der Waals surface area contributed by atoms with Crippen molar-refractivity contribution in [2.75, 3.05) is 0 Å². The van der Waals surface area contributed by atoms with Crippen molar-refractivity contribution in [2.24, 2.45) is 0 Å². The lowest BCUT2D eigenvalue weighted by molar-refractivity contribution is 0.294. The first kappa shape index (κ1) is 13.3. The summed E-state index contributed by atoms with van der Waals surface area (Å²) in [6.45, 7) is 2.05. The molecule has 0 unspecified atom stereocenters. The zero-order valence-corrected chi connectivity index (χ0v) is 12.0. The number of hydrogen-bond acceptors (Lipinski definition) is 5. The molecule has 0 radical (unpaired) electrons. The van der Waals surface area contributed by atoms with Gasteiger partial charge in [0.1, 0.15) is 22.9 Å². The molecule has 0 aliphatic carbocycles. The predicted molar refractivity (Wildman–Crippen MR) is 80.5 cm³/mol. The molecular formula is C15H11N3O2S. The summed E-state index contributed by atoms with van der Waals surface area (Å²) in [7, 11) is 0. The van der Waals surface area contributed by atoms with E-state index >= 15 is 0 Å². The average molecular weight is 297 g/mol. The first-order chi connectivity index (χ1) is 10.2. The molecule has 0 fully saturated rings. The Bertz CT molecular complexity index is 905. The molecule has 1 N–H and O–H groups in total. The number of fused-ring (bicyclic) bond motifs is 1. The minimum absolute atomic E-state index is 0.150. The fourth-order valence-electron chi connectivity index (χ4n) is 1.96. The lowest BCUT2D eigenvalue weighted by Crippen LogP contribution is -2.12. The molecule has 0 bridgehead atoms. The molecule has 6 heteroatoms. The number of hydrogen-bond donors (Lipinski definition) is 1. The van der Waals surface area contributed by atoms with Crippen molar-refractivity contribution in [3.05, 3.63) is 57.0 Å². The number of H-pyrrole nitrogens is 1. The summed E-state index contributed by atoms with van der Waals surface area (Å²) in [6, 6.07) is 9.11. The molecule has 2 aromatic heterocycles. The zero-order valence-electron chi connectivity index (χ0n) is 11.2. The Balaban J connectivity index is 1.86. The summed E-state index contributed by atoms with van der Waals surface area (Å²) in [4.78, 5) is 18.9. The number of thiophene rings is 1. The Labute approximate surface area is 124 Å². The van der Waals surface area contributed by atoms with Crippen LogP contribution in [0.4, 0.5) is 0 Å². The van der Waals surface area contributed by atoms with Crippen LogP contribution >= 0.6 is 11.3 Å². The fourth-order valence-corrected chi connectivity index (χ4v) is 2.69. The van der Waals surface area contributed by atoms with Gasteiger partial charge in [-0.1, -0.05) is 6.07 Å². The average Bonchev–Trinajstić information content (AvgIpc) is 2.95. The maximum atomic E-state index is 11.9. The van der Waals surface area contributed by atoms with E-state index < -0.39 is 0 Å². The smallest absolute Gasteiger partial charge is 0.268 e. The molecule has 3 aromatic rings. The highest BCUT2D eigenvalue weighted by molar-refractivity contribution is 7.17. The third-order valence-electron chi connectivity index (χ3n) is 3.05. The summed E-state index contributed by atoms with van der Waals surface area (Å²) >= 11 is 1.36. The van der Waals surface area contributed by atoms with Crippen LogP contribution in [0.5, 0.6) is 5.75 Å².